The summed E-state index contributed by atoms with van der Waals surface area (Å²) in [5.41, 5.74) is 5.74. The van der Waals surface area contributed by atoms with Crippen LogP contribution in [0.2, 0.25) is 0 Å². The fraction of sp³-hybridized carbons (Fsp3) is 0.357. The Morgan fingerprint density at radius 3 is 2.48 bits per heavy atom. The number of benzene rings is 1. The third-order valence-electron chi connectivity index (χ3n) is 3.32. The molecule has 1 aromatic rings. The Labute approximate surface area is 127 Å². The SMILES string of the molecule is NC(=O)c1ccccc1SCC(=O)N1CCN(C=O)CC1. The number of hydrogen-bond acceptors (Lipinski definition) is 4. The van der Waals surface area contributed by atoms with Crippen molar-refractivity contribution in [2.75, 3.05) is 31.9 Å². The summed E-state index contributed by atoms with van der Waals surface area (Å²) < 4.78 is 0. The molecule has 21 heavy (non-hydrogen) atoms. The van der Waals surface area contributed by atoms with Gasteiger partial charge in [-0.1, -0.05) is 12.1 Å². The number of amides is 3. The average Bonchev–Trinajstić information content (AvgIpc) is 2.52. The molecule has 0 radical (unpaired) electrons. The van der Waals surface area contributed by atoms with Crippen molar-refractivity contribution < 1.29 is 14.4 Å². The Morgan fingerprint density at radius 1 is 1.19 bits per heavy atom. The van der Waals surface area contributed by atoms with Crippen molar-refractivity contribution in [3.05, 3.63) is 29.8 Å². The lowest BCUT2D eigenvalue weighted by Gasteiger charge is -2.32. The predicted molar refractivity (Wildman–Crippen MR) is 79.9 cm³/mol. The molecule has 1 saturated heterocycles. The molecule has 0 aliphatic carbocycles. The molecule has 1 aromatic carbocycles. The maximum atomic E-state index is 12.1. The molecule has 7 heteroatoms. The fourth-order valence-electron chi connectivity index (χ4n) is 2.10. The van der Waals surface area contributed by atoms with E-state index in [4.69, 9.17) is 5.73 Å². The van der Waals surface area contributed by atoms with Gasteiger partial charge in [0.05, 0.1) is 11.3 Å². The van der Waals surface area contributed by atoms with E-state index >= 15 is 0 Å². The van der Waals surface area contributed by atoms with Crippen LogP contribution in [0.1, 0.15) is 10.4 Å². The summed E-state index contributed by atoms with van der Waals surface area (Å²) in [6.07, 6.45) is 0.805. The van der Waals surface area contributed by atoms with Crippen LogP contribution >= 0.6 is 11.8 Å². The van der Waals surface area contributed by atoms with Gasteiger partial charge in [0.1, 0.15) is 0 Å². The van der Waals surface area contributed by atoms with Gasteiger partial charge in [-0.25, -0.2) is 0 Å². The average molecular weight is 307 g/mol. The Bertz CT molecular complexity index is 542. The van der Waals surface area contributed by atoms with Crippen molar-refractivity contribution in [3.8, 4) is 0 Å². The van der Waals surface area contributed by atoms with Gasteiger partial charge in [0.15, 0.2) is 0 Å². The third kappa shape index (κ3) is 3.98. The van der Waals surface area contributed by atoms with Crippen molar-refractivity contribution in [2.45, 2.75) is 4.90 Å². The van der Waals surface area contributed by atoms with Gasteiger partial charge in [0.2, 0.25) is 18.2 Å². The number of nitrogens with two attached hydrogens (primary N) is 1. The zero-order valence-corrected chi connectivity index (χ0v) is 12.3. The second-order valence-electron chi connectivity index (χ2n) is 4.67. The molecular weight excluding hydrogens is 290 g/mol. The zero-order chi connectivity index (χ0) is 15.2. The molecule has 112 valence electrons. The van der Waals surface area contributed by atoms with Crippen LogP contribution in [0.15, 0.2) is 29.2 Å². The molecule has 0 saturated carbocycles. The van der Waals surface area contributed by atoms with E-state index in [1.807, 2.05) is 6.07 Å². The largest absolute Gasteiger partial charge is 0.366 e. The van der Waals surface area contributed by atoms with Gasteiger partial charge < -0.3 is 15.5 Å². The van der Waals surface area contributed by atoms with E-state index in [2.05, 4.69) is 0 Å². The molecule has 0 aromatic heterocycles. The molecule has 0 unspecified atom stereocenters. The summed E-state index contributed by atoms with van der Waals surface area (Å²) >= 11 is 1.31. The number of rotatable bonds is 5. The molecule has 3 amide bonds. The lowest BCUT2D eigenvalue weighted by atomic mass is 10.2. The Kier molecular flexibility index (Phi) is 5.21. The van der Waals surface area contributed by atoms with Gasteiger partial charge >= 0.3 is 0 Å². The maximum Gasteiger partial charge on any atom is 0.249 e. The van der Waals surface area contributed by atoms with Crippen molar-refractivity contribution in [1.29, 1.82) is 0 Å². The number of carbonyl (C=O) groups is 3. The molecule has 2 rings (SSSR count). The molecule has 1 fully saturated rings. The summed E-state index contributed by atoms with van der Waals surface area (Å²) in [7, 11) is 0. The van der Waals surface area contributed by atoms with Crippen LogP contribution < -0.4 is 5.73 Å². The van der Waals surface area contributed by atoms with Crippen molar-refractivity contribution >= 4 is 30.0 Å². The lowest BCUT2D eigenvalue weighted by Crippen LogP contribution is -2.48. The monoisotopic (exact) mass is 307 g/mol. The number of piperazine rings is 1. The summed E-state index contributed by atoms with van der Waals surface area (Å²) in [6.45, 7) is 2.24. The van der Waals surface area contributed by atoms with E-state index in [1.54, 1.807) is 28.0 Å². The van der Waals surface area contributed by atoms with Crippen molar-refractivity contribution in [2.24, 2.45) is 5.73 Å². The third-order valence-corrected chi connectivity index (χ3v) is 4.38. The molecule has 1 aliphatic heterocycles. The van der Waals surface area contributed by atoms with Gasteiger partial charge in [-0.05, 0) is 12.1 Å². The topological polar surface area (TPSA) is 83.7 Å². The highest BCUT2D eigenvalue weighted by molar-refractivity contribution is 8.00. The number of primary amides is 1. The van der Waals surface area contributed by atoms with E-state index in [9.17, 15) is 14.4 Å². The Balaban J connectivity index is 1.90. The van der Waals surface area contributed by atoms with Crippen LogP contribution in [0.3, 0.4) is 0 Å². The quantitative estimate of drug-likeness (QED) is 0.621. The zero-order valence-electron chi connectivity index (χ0n) is 11.5. The number of thioether (sulfide) groups is 1. The van der Waals surface area contributed by atoms with E-state index in [-0.39, 0.29) is 11.7 Å². The van der Waals surface area contributed by atoms with E-state index in [0.29, 0.717) is 36.6 Å². The van der Waals surface area contributed by atoms with Crippen LogP contribution in [0.4, 0.5) is 0 Å². The van der Waals surface area contributed by atoms with Gasteiger partial charge in [0, 0.05) is 31.1 Å². The van der Waals surface area contributed by atoms with E-state index in [0.717, 1.165) is 6.41 Å². The number of nitrogens with zero attached hydrogens (tertiary/aromatic N) is 2. The summed E-state index contributed by atoms with van der Waals surface area (Å²) in [5, 5.41) is 0. The second-order valence-corrected chi connectivity index (χ2v) is 5.69. The van der Waals surface area contributed by atoms with Crippen LogP contribution in [0, 0.1) is 0 Å². The summed E-state index contributed by atoms with van der Waals surface area (Å²) in [5.74, 6) is -0.235. The van der Waals surface area contributed by atoms with Crippen LogP contribution in [-0.4, -0.2) is 60.0 Å². The molecule has 2 N–H and O–H groups in total. The second kappa shape index (κ2) is 7.12. The minimum absolute atomic E-state index is 0.00447. The first-order valence-corrected chi connectivity index (χ1v) is 7.59. The minimum atomic E-state index is -0.495. The van der Waals surface area contributed by atoms with Gasteiger partial charge in [-0.3, -0.25) is 14.4 Å². The van der Waals surface area contributed by atoms with Crippen LogP contribution in [-0.2, 0) is 9.59 Å². The predicted octanol–water partition coefficient (Wildman–Crippen LogP) is 0.178. The van der Waals surface area contributed by atoms with Gasteiger partial charge in [-0.2, -0.15) is 0 Å². The van der Waals surface area contributed by atoms with Crippen molar-refractivity contribution in [1.82, 2.24) is 9.80 Å². The highest BCUT2D eigenvalue weighted by atomic mass is 32.2. The molecule has 1 heterocycles. The first-order valence-electron chi connectivity index (χ1n) is 6.60. The number of hydrogen-bond donors (Lipinski definition) is 1. The van der Waals surface area contributed by atoms with Crippen LogP contribution in [0.25, 0.3) is 0 Å². The summed E-state index contributed by atoms with van der Waals surface area (Å²) in [6, 6.07) is 6.98. The highest BCUT2D eigenvalue weighted by Gasteiger charge is 2.20. The standard InChI is InChI=1S/C14H17N3O3S/c15-14(20)11-3-1-2-4-12(11)21-9-13(19)17-7-5-16(10-18)6-8-17/h1-4,10H,5-9H2,(H2,15,20). The molecule has 1 aliphatic rings. The first-order chi connectivity index (χ1) is 10.1. The Morgan fingerprint density at radius 2 is 1.86 bits per heavy atom. The molecule has 0 spiro atoms. The van der Waals surface area contributed by atoms with Gasteiger partial charge in [0.25, 0.3) is 0 Å². The minimum Gasteiger partial charge on any atom is -0.366 e. The normalized spacial score (nSPS) is 14.9. The first kappa shape index (κ1) is 15.4. The molecule has 6 nitrogen and oxygen atoms in total. The summed E-state index contributed by atoms with van der Waals surface area (Å²) in [4.78, 5) is 38.2. The van der Waals surface area contributed by atoms with E-state index < -0.39 is 5.91 Å². The highest BCUT2D eigenvalue weighted by Crippen LogP contribution is 2.22. The molecule has 0 atom stereocenters. The maximum absolute atomic E-state index is 12.1. The molecule has 0 bridgehead atoms. The smallest absolute Gasteiger partial charge is 0.249 e. The van der Waals surface area contributed by atoms with Gasteiger partial charge in [-0.15, -0.1) is 11.8 Å². The fourth-order valence-corrected chi connectivity index (χ4v) is 3.06. The Hall–Kier alpha value is -2.02. The molecular formula is C14H17N3O3S. The van der Waals surface area contributed by atoms with Crippen LogP contribution in [0.5, 0.6) is 0 Å². The number of carbonyl (C=O) groups excluding carboxylic acids is 3. The van der Waals surface area contributed by atoms with Crippen molar-refractivity contribution in [3.63, 3.8) is 0 Å². The lowest BCUT2D eigenvalue weighted by molar-refractivity contribution is -0.132. The van der Waals surface area contributed by atoms with E-state index in [1.165, 1.54) is 11.8 Å².